The summed E-state index contributed by atoms with van der Waals surface area (Å²) in [5, 5.41) is 9.65. The van der Waals surface area contributed by atoms with Gasteiger partial charge in [0.05, 0.1) is 29.9 Å². The van der Waals surface area contributed by atoms with Gasteiger partial charge in [-0.05, 0) is 44.2 Å². The van der Waals surface area contributed by atoms with Crippen LogP contribution in [0.1, 0.15) is 12.8 Å². The van der Waals surface area contributed by atoms with Crippen molar-refractivity contribution in [2.75, 3.05) is 69.0 Å². The standard InChI is InChI=1S/C32H37N7O2S/c1-4-31(40)34-26-19-27(36-32-33-12-9-25(35-32)24-21-42-30-8-6-5-7-23(24)30)29(41-3)20-28(26)39-13-10-22(11-14-39)38-17-15-37(2)16-18-38/h4-9,12,19-22H,1,10-11,13-18H2,2-3H3,(H,34,40)(H,33,35,36). The van der Waals surface area contributed by atoms with E-state index in [0.717, 1.165) is 69.1 Å². The molecule has 218 valence electrons. The van der Waals surface area contributed by atoms with Crippen LogP contribution in [0.3, 0.4) is 0 Å². The molecule has 0 aliphatic carbocycles. The molecular weight excluding hydrogens is 546 g/mol. The summed E-state index contributed by atoms with van der Waals surface area (Å²) in [6.45, 7) is 9.97. The number of nitrogens with zero attached hydrogens (tertiary/aromatic N) is 5. The van der Waals surface area contributed by atoms with Gasteiger partial charge in [-0.2, -0.15) is 0 Å². The van der Waals surface area contributed by atoms with Crippen LogP contribution < -0.4 is 20.3 Å². The average Bonchev–Trinajstić information content (AvgIpc) is 3.46. The lowest BCUT2D eigenvalue weighted by molar-refractivity contribution is -0.111. The minimum absolute atomic E-state index is 0.262. The van der Waals surface area contributed by atoms with Crippen molar-refractivity contribution in [2.24, 2.45) is 0 Å². The Morgan fingerprint density at radius 3 is 2.62 bits per heavy atom. The highest BCUT2D eigenvalue weighted by atomic mass is 32.1. The number of ether oxygens (including phenoxy) is 1. The monoisotopic (exact) mass is 583 g/mol. The number of hydrogen-bond acceptors (Lipinski definition) is 9. The Labute approximate surface area is 250 Å². The molecule has 0 saturated carbocycles. The fourth-order valence-corrected chi connectivity index (χ4v) is 6.86. The Kier molecular flexibility index (Phi) is 8.36. The zero-order valence-corrected chi connectivity index (χ0v) is 25.0. The zero-order valence-electron chi connectivity index (χ0n) is 24.2. The number of amides is 1. The average molecular weight is 584 g/mol. The number of anilines is 4. The Morgan fingerprint density at radius 1 is 1.07 bits per heavy atom. The molecule has 4 heterocycles. The first kappa shape index (κ1) is 28.1. The molecule has 2 fully saturated rings. The van der Waals surface area contributed by atoms with E-state index in [4.69, 9.17) is 9.72 Å². The summed E-state index contributed by atoms with van der Waals surface area (Å²) in [4.78, 5) is 29.2. The number of carbonyl (C=O) groups excluding carboxylic acids is 1. The molecular formula is C32H37N7O2S. The van der Waals surface area contributed by atoms with Gasteiger partial charge in [0.25, 0.3) is 0 Å². The number of fused-ring (bicyclic) bond motifs is 1. The minimum atomic E-state index is -0.262. The van der Waals surface area contributed by atoms with Crippen LogP contribution in [-0.4, -0.2) is 85.1 Å². The smallest absolute Gasteiger partial charge is 0.247 e. The molecule has 2 saturated heterocycles. The lowest BCUT2D eigenvalue weighted by Crippen LogP contribution is -2.52. The van der Waals surface area contributed by atoms with E-state index >= 15 is 0 Å². The van der Waals surface area contributed by atoms with Gasteiger partial charge >= 0.3 is 0 Å². The van der Waals surface area contributed by atoms with Gasteiger partial charge in [-0.1, -0.05) is 24.8 Å². The topological polar surface area (TPSA) is 85.9 Å². The Morgan fingerprint density at radius 2 is 1.86 bits per heavy atom. The van der Waals surface area contributed by atoms with Gasteiger partial charge in [0.15, 0.2) is 0 Å². The molecule has 10 heteroatoms. The highest BCUT2D eigenvalue weighted by Gasteiger charge is 2.28. The molecule has 2 aliphatic rings. The molecule has 0 spiro atoms. The highest BCUT2D eigenvalue weighted by Crippen LogP contribution is 2.40. The van der Waals surface area contributed by atoms with E-state index in [9.17, 15) is 4.79 Å². The molecule has 1 amide bonds. The van der Waals surface area contributed by atoms with E-state index in [2.05, 4.69) is 61.5 Å². The number of piperazine rings is 1. The molecule has 6 rings (SSSR count). The van der Waals surface area contributed by atoms with Crippen LogP contribution in [0.15, 0.2) is 66.7 Å². The number of methoxy groups -OCH3 is 1. The van der Waals surface area contributed by atoms with Gasteiger partial charge < -0.3 is 25.2 Å². The first-order chi connectivity index (χ1) is 20.5. The maximum Gasteiger partial charge on any atom is 0.247 e. The molecule has 0 atom stereocenters. The third-order valence-corrected chi connectivity index (χ3v) is 9.24. The molecule has 9 nitrogen and oxygen atoms in total. The Bertz CT molecular complexity index is 1570. The van der Waals surface area contributed by atoms with Crippen LogP contribution in [0.5, 0.6) is 5.75 Å². The van der Waals surface area contributed by atoms with Gasteiger partial charge in [-0.25, -0.2) is 9.97 Å². The van der Waals surface area contributed by atoms with Crippen molar-refractivity contribution in [1.29, 1.82) is 0 Å². The molecule has 2 N–H and O–H groups in total. The third-order valence-electron chi connectivity index (χ3n) is 8.28. The van der Waals surface area contributed by atoms with Crippen molar-refractivity contribution in [1.82, 2.24) is 19.8 Å². The van der Waals surface area contributed by atoms with E-state index in [1.165, 1.54) is 16.2 Å². The van der Waals surface area contributed by atoms with Crippen LogP contribution in [0.2, 0.25) is 0 Å². The second-order valence-corrected chi connectivity index (χ2v) is 11.8. The van der Waals surface area contributed by atoms with E-state index < -0.39 is 0 Å². The summed E-state index contributed by atoms with van der Waals surface area (Å²) in [7, 11) is 3.85. The molecule has 2 aromatic heterocycles. The summed E-state index contributed by atoms with van der Waals surface area (Å²) in [5.74, 6) is 0.836. The first-order valence-electron chi connectivity index (χ1n) is 14.4. The second-order valence-electron chi connectivity index (χ2n) is 10.9. The summed E-state index contributed by atoms with van der Waals surface area (Å²) >= 11 is 1.70. The number of aromatic nitrogens is 2. The number of piperidine rings is 1. The van der Waals surface area contributed by atoms with Gasteiger partial charge in [-0.15, -0.1) is 11.3 Å². The van der Waals surface area contributed by atoms with Crippen molar-refractivity contribution in [3.8, 4) is 17.0 Å². The third kappa shape index (κ3) is 5.97. The molecule has 0 radical (unpaired) electrons. The lowest BCUT2D eigenvalue weighted by atomic mass is 10.0. The summed E-state index contributed by atoms with van der Waals surface area (Å²) in [6.07, 6.45) is 5.21. The maximum atomic E-state index is 12.5. The molecule has 2 aliphatic heterocycles. The van der Waals surface area contributed by atoms with Crippen molar-refractivity contribution in [3.63, 3.8) is 0 Å². The number of hydrogen-bond donors (Lipinski definition) is 2. The fourth-order valence-electron chi connectivity index (χ4n) is 5.91. The lowest BCUT2D eigenvalue weighted by Gasteiger charge is -2.43. The quantitative estimate of drug-likeness (QED) is 0.265. The predicted octanol–water partition coefficient (Wildman–Crippen LogP) is 5.45. The van der Waals surface area contributed by atoms with Crippen LogP contribution in [0.25, 0.3) is 21.3 Å². The van der Waals surface area contributed by atoms with Gasteiger partial charge in [0.1, 0.15) is 5.75 Å². The van der Waals surface area contributed by atoms with Gasteiger partial charge in [0.2, 0.25) is 11.9 Å². The highest BCUT2D eigenvalue weighted by molar-refractivity contribution is 7.17. The molecule has 0 bridgehead atoms. The molecule has 4 aromatic rings. The first-order valence-corrected chi connectivity index (χ1v) is 15.3. The number of likely N-dealkylation sites (N-methyl/N-ethyl adjacent to an activating group) is 1. The Balaban J connectivity index is 1.25. The summed E-state index contributed by atoms with van der Waals surface area (Å²) in [5.41, 5.74) is 4.21. The van der Waals surface area contributed by atoms with Crippen LogP contribution in [0.4, 0.5) is 23.0 Å². The number of benzene rings is 2. The maximum absolute atomic E-state index is 12.5. The van der Waals surface area contributed by atoms with Crippen LogP contribution in [-0.2, 0) is 4.79 Å². The van der Waals surface area contributed by atoms with Crippen molar-refractivity contribution in [3.05, 3.63) is 66.7 Å². The van der Waals surface area contributed by atoms with E-state index in [-0.39, 0.29) is 5.91 Å². The second kappa shape index (κ2) is 12.5. The number of carbonyl (C=O) groups is 1. The molecule has 42 heavy (non-hydrogen) atoms. The predicted molar refractivity (Wildman–Crippen MR) is 172 cm³/mol. The normalized spacial score (nSPS) is 16.9. The molecule has 2 aromatic carbocycles. The van der Waals surface area contributed by atoms with Crippen LogP contribution in [0, 0.1) is 0 Å². The van der Waals surface area contributed by atoms with Gasteiger partial charge in [-0.3, -0.25) is 9.69 Å². The van der Waals surface area contributed by atoms with E-state index in [1.807, 2.05) is 30.3 Å². The zero-order chi connectivity index (χ0) is 29.1. The number of thiophene rings is 1. The summed E-state index contributed by atoms with van der Waals surface area (Å²) < 4.78 is 7.05. The minimum Gasteiger partial charge on any atom is -0.494 e. The van der Waals surface area contributed by atoms with Gasteiger partial charge in [0, 0.05) is 78.6 Å². The summed E-state index contributed by atoms with van der Waals surface area (Å²) in [6, 6.07) is 14.7. The SMILES string of the molecule is C=CC(=O)Nc1cc(Nc2nccc(-c3csc4ccccc34)n2)c(OC)cc1N1CCC(N2CCN(C)CC2)CC1. The fraction of sp³-hybridized carbons (Fsp3) is 0.344. The van der Waals surface area contributed by atoms with E-state index in [0.29, 0.717) is 29.1 Å². The van der Waals surface area contributed by atoms with Crippen molar-refractivity contribution >= 4 is 50.3 Å². The molecule has 0 unspecified atom stereocenters. The number of rotatable bonds is 8. The largest absolute Gasteiger partial charge is 0.494 e. The number of nitrogens with one attached hydrogen (secondary N) is 2. The Hall–Kier alpha value is -3.99. The van der Waals surface area contributed by atoms with Crippen molar-refractivity contribution < 1.29 is 9.53 Å². The van der Waals surface area contributed by atoms with Crippen molar-refractivity contribution in [2.45, 2.75) is 18.9 Å². The van der Waals surface area contributed by atoms with Crippen LogP contribution >= 0.6 is 11.3 Å². The van der Waals surface area contributed by atoms with E-state index in [1.54, 1.807) is 24.6 Å².